The van der Waals surface area contributed by atoms with E-state index in [1.54, 1.807) is 0 Å². The minimum absolute atomic E-state index is 0. The number of hydrogen-bond acceptors (Lipinski definition) is 0. The first-order valence-electron chi connectivity index (χ1n) is 6.21. The summed E-state index contributed by atoms with van der Waals surface area (Å²) < 4.78 is 4.35. The Kier molecular flexibility index (Phi) is 10.6. The molecule has 0 amide bonds. The van der Waals surface area contributed by atoms with E-state index in [1.165, 1.54) is 12.1 Å². The van der Waals surface area contributed by atoms with E-state index in [1.807, 2.05) is 0 Å². The number of hydrogen-bond donors (Lipinski definition) is 0. The van der Waals surface area contributed by atoms with Crippen LogP contribution >= 0.6 is 34.7 Å². The van der Waals surface area contributed by atoms with Crippen molar-refractivity contribution in [1.82, 2.24) is 0 Å². The van der Waals surface area contributed by atoms with Crippen LogP contribution in [0.5, 0.6) is 0 Å². The molecule has 3 aromatic carbocycles. The van der Waals surface area contributed by atoms with Gasteiger partial charge in [0, 0.05) is 0 Å². The van der Waals surface area contributed by atoms with E-state index in [9.17, 15) is 0 Å². The molecule has 0 aromatic heterocycles. The third kappa shape index (κ3) is 5.20. The average Bonchev–Trinajstić information content (AvgIpc) is 2.51. The molecular weight excluding hydrogens is 424 g/mol. The van der Waals surface area contributed by atoms with Crippen molar-refractivity contribution in [1.29, 1.82) is 0 Å². The first kappa shape index (κ1) is 21.3. The van der Waals surface area contributed by atoms with Crippen molar-refractivity contribution < 1.29 is 16.8 Å². The Morgan fingerprint density at radius 2 is 0.636 bits per heavy atom. The Labute approximate surface area is 154 Å². The van der Waals surface area contributed by atoms with Crippen LogP contribution in [-0.4, -0.2) is 0 Å². The second-order valence-electron chi connectivity index (χ2n) is 4.02. The maximum atomic E-state index is 2.25. The summed E-state index contributed by atoms with van der Waals surface area (Å²) >= 11 is -1.05. The van der Waals surface area contributed by atoms with Gasteiger partial charge in [-0.1, -0.05) is 0 Å². The zero-order chi connectivity index (χ0) is 12.9. The van der Waals surface area contributed by atoms with Crippen molar-refractivity contribution in [2.24, 2.45) is 0 Å². The van der Waals surface area contributed by atoms with E-state index in [0.29, 0.717) is 0 Å². The molecule has 4 heteroatoms. The van der Waals surface area contributed by atoms with Gasteiger partial charge in [0.15, 0.2) is 0 Å². The van der Waals surface area contributed by atoms with Gasteiger partial charge in [0.25, 0.3) is 0 Å². The van der Waals surface area contributed by atoms with Gasteiger partial charge in [-0.3, -0.25) is 0 Å². The van der Waals surface area contributed by atoms with Gasteiger partial charge < -0.3 is 0 Å². The van der Waals surface area contributed by atoms with Crippen molar-refractivity contribution in [2.45, 2.75) is 0 Å². The summed E-state index contributed by atoms with van der Waals surface area (Å²) in [7, 11) is 0. The predicted octanol–water partition coefficient (Wildman–Crippen LogP) is 3.48. The molecule has 0 nitrogen and oxygen atoms in total. The number of rotatable bonds is 3. The van der Waals surface area contributed by atoms with Crippen molar-refractivity contribution in [3.05, 3.63) is 91.0 Å². The van der Waals surface area contributed by atoms with E-state index in [4.69, 9.17) is 0 Å². The minimum atomic E-state index is -1.05. The van der Waals surface area contributed by atoms with Gasteiger partial charge in [-0.2, -0.15) is 9.90 Å². The van der Waals surface area contributed by atoms with Gasteiger partial charge in [0.05, 0.1) is 0 Å². The Morgan fingerprint density at radius 3 is 0.864 bits per heavy atom. The summed E-state index contributed by atoms with van der Waals surface area (Å²) in [6.45, 7) is 0. The molecular formula is C18H20Cl2PPd. The molecule has 22 heavy (non-hydrogen) atoms. The monoisotopic (exact) mass is 443 g/mol. The number of benzene rings is 3. The van der Waals surface area contributed by atoms with Gasteiger partial charge in [-0.15, -0.1) is 24.8 Å². The summed E-state index contributed by atoms with van der Waals surface area (Å²) in [4.78, 5) is 0. The predicted molar refractivity (Wildman–Crippen MR) is 104 cm³/mol. The molecule has 0 saturated heterocycles. The molecule has 0 heterocycles. The van der Waals surface area contributed by atoms with Crippen LogP contribution in [-0.2, 0) is 16.8 Å². The Bertz CT molecular complexity index is 539. The SMILES string of the molecule is Cl.Cl.P.c1cc[c]([Pd]([c]2ccccc2)[c]2ccccc2)cc1. The fraction of sp³-hybridized carbons (Fsp3) is 0. The second kappa shape index (κ2) is 11.0. The summed E-state index contributed by atoms with van der Waals surface area (Å²) in [5, 5.41) is 0. The molecule has 121 valence electrons. The Balaban J connectivity index is 0.00000147. The topological polar surface area (TPSA) is 0 Å². The van der Waals surface area contributed by atoms with Crippen LogP contribution in [0, 0.1) is 0 Å². The summed E-state index contributed by atoms with van der Waals surface area (Å²) in [6.07, 6.45) is 0. The van der Waals surface area contributed by atoms with Gasteiger partial charge in [0.1, 0.15) is 0 Å². The third-order valence-corrected chi connectivity index (χ3v) is 6.93. The van der Waals surface area contributed by atoms with Gasteiger partial charge >= 0.3 is 120 Å². The van der Waals surface area contributed by atoms with E-state index in [-0.39, 0.29) is 34.7 Å². The fourth-order valence-electron chi connectivity index (χ4n) is 1.84. The van der Waals surface area contributed by atoms with Crippen LogP contribution in [0.15, 0.2) is 91.0 Å². The standard InChI is InChI=1S/3C6H5.2ClH.H3P.Pd/c3*1-2-4-6-5-3-1;;;;/h3*1-5H;2*1H;1H3;. The van der Waals surface area contributed by atoms with Crippen molar-refractivity contribution in [3.63, 3.8) is 0 Å². The van der Waals surface area contributed by atoms with Crippen LogP contribution in [0.1, 0.15) is 0 Å². The van der Waals surface area contributed by atoms with Gasteiger partial charge in [-0.25, -0.2) is 0 Å². The summed E-state index contributed by atoms with van der Waals surface area (Å²) in [5.41, 5.74) is 0. The zero-order valence-corrected chi connectivity index (χ0v) is 16.6. The molecule has 0 aliphatic heterocycles. The van der Waals surface area contributed by atoms with Crippen LogP contribution < -0.4 is 12.1 Å². The van der Waals surface area contributed by atoms with Crippen LogP contribution in [0.2, 0.25) is 0 Å². The molecule has 3 aromatic rings. The third-order valence-electron chi connectivity index (χ3n) is 2.69. The summed E-state index contributed by atoms with van der Waals surface area (Å²) in [6, 6.07) is 32.6. The molecule has 0 aliphatic rings. The number of halogens is 2. The van der Waals surface area contributed by atoms with E-state index in [0.717, 1.165) is 0 Å². The fourth-order valence-corrected chi connectivity index (χ4v) is 5.85. The van der Waals surface area contributed by atoms with Crippen LogP contribution in [0.25, 0.3) is 0 Å². The molecule has 0 saturated carbocycles. The molecule has 0 spiro atoms. The molecule has 1 unspecified atom stereocenters. The average molecular weight is 445 g/mol. The quantitative estimate of drug-likeness (QED) is 0.429. The molecule has 0 fully saturated rings. The Morgan fingerprint density at radius 1 is 0.409 bits per heavy atom. The first-order valence-corrected chi connectivity index (χ1v) is 8.54. The van der Waals surface area contributed by atoms with Gasteiger partial charge in [-0.05, 0) is 0 Å². The van der Waals surface area contributed by atoms with Crippen molar-refractivity contribution >= 4 is 46.8 Å². The molecule has 0 bridgehead atoms. The van der Waals surface area contributed by atoms with Crippen LogP contribution in [0.3, 0.4) is 0 Å². The molecule has 0 aliphatic carbocycles. The molecule has 0 N–H and O–H groups in total. The van der Waals surface area contributed by atoms with Crippen molar-refractivity contribution in [3.8, 4) is 0 Å². The second-order valence-corrected chi connectivity index (χ2v) is 7.88. The summed E-state index contributed by atoms with van der Waals surface area (Å²) in [5.74, 6) is 0. The van der Waals surface area contributed by atoms with Gasteiger partial charge in [0.2, 0.25) is 0 Å². The molecule has 1 atom stereocenters. The first-order chi connectivity index (χ1) is 9.45. The molecule has 3 rings (SSSR count). The van der Waals surface area contributed by atoms with Crippen molar-refractivity contribution in [2.75, 3.05) is 0 Å². The molecule has 0 radical (unpaired) electrons. The van der Waals surface area contributed by atoms with Crippen LogP contribution in [0.4, 0.5) is 0 Å². The van der Waals surface area contributed by atoms with E-state index in [2.05, 4.69) is 91.0 Å². The maximum absolute atomic E-state index is 2.25. The van der Waals surface area contributed by atoms with E-state index >= 15 is 0 Å². The normalized spacial score (nSPS) is 9.55. The Hall–Kier alpha value is -0.668. The van der Waals surface area contributed by atoms with E-state index < -0.39 is 16.8 Å². The zero-order valence-electron chi connectivity index (χ0n) is 12.0.